The lowest BCUT2D eigenvalue weighted by Crippen LogP contribution is -2.39. The fraction of sp³-hybridized carbons (Fsp3) is 0.600. The maximum atomic E-state index is 6.14. The van der Waals surface area contributed by atoms with E-state index in [0.29, 0.717) is 17.9 Å². The summed E-state index contributed by atoms with van der Waals surface area (Å²) in [6.45, 7) is 7.82. The molecule has 1 aliphatic rings. The lowest BCUT2D eigenvalue weighted by Gasteiger charge is -2.23. The van der Waals surface area contributed by atoms with Crippen LogP contribution in [0.1, 0.15) is 31.7 Å². The summed E-state index contributed by atoms with van der Waals surface area (Å²) in [5.41, 5.74) is 7.62. The molecule has 2 unspecified atom stereocenters. The normalized spacial score (nSPS) is 23.2. The molecule has 0 radical (unpaired) electrons. The fourth-order valence-electron chi connectivity index (χ4n) is 2.50. The maximum absolute atomic E-state index is 6.14. The van der Waals surface area contributed by atoms with Gasteiger partial charge in [-0.1, -0.05) is 44.2 Å². The van der Waals surface area contributed by atoms with Crippen LogP contribution in [0.5, 0.6) is 0 Å². The number of nitrogens with two attached hydrogens (primary N) is 1. The quantitative estimate of drug-likeness (QED) is 0.864. The molecule has 1 aromatic carbocycles. The van der Waals surface area contributed by atoms with Crippen LogP contribution < -0.4 is 5.73 Å². The molecule has 1 aliphatic heterocycles. The van der Waals surface area contributed by atoms with Crippen molar-refractivity contribution < 1.29 is 0 Å². The first kappa shape index (κ1) is 12.6. The highest BCUT2D eigenvalue weighted by atomic mass is 15.2. The molecule has 0 aromatic heterocycles. The summed E-state index contributed by atoms with van der Waals surface area (Å²) in [6.07, 6.45) is 1.27. The van der Waals surface area contributed by atoms with Crippen molar-refractivity contribution in [3.05, 3.63) is 35.9 Å². The first-order valence-corrected chi connectivity index (χ1v) is 6.69. The predicted octanol–water partition coefficient (Wildman–Crippen LogP) is 2.46. The minimum atomic E-state index is 0.310. The van der Waals surface area contributed by atoms with Crippen molar-refractivity contribution in [1.82, 2.24) is 4.90 Å². The summed E-state index contributed by atoms with van der Waals surface area (Å²) in [4.78, 5) is 2.52. The summed E-state index contributed by atoms with van der Waals surface area (Å²) < 4.78 is 0. The topological polar surface area (TPSA) is 29.3 Å². The van der Waals surface area contributed by atoms with Crippen LogP contribution in [0.4, 0.5) is 0 Å². The predicted molar refractivity (Wildman–Crippen MR) is 73.1 cm³/mol. The zero-order valence-corrected chi connectivity index (χ0v) is 11.0. The van der Waals surface area contributed by atoms with Gasteiger partial charge in [-0.05, 0) is 30.4 Å². The van der Waals surface area contributed by atoms with Crippen molar-refractivity contribution in [3.63, 3.8) is 0 Å². The Kier molecular flexibility index (Phi) is 4.19. The third-order valence-corrected chi connectivity index (χ3v) is 3.87. The van der Waals surface area contributed by atoms with Gasteiger partial charge in [0.25, 0.3) is 0 Å². The van der Waals surface area contributed by atoms with Crippen LogP contribution in [0.3, 0.4) is 0 Å². The highest BCUT2D eigenvalue weighted by Gasteiger charge is 2.25. The van der Waals surface area contributed by atoms with Crippen molar-refractivity contribution in [2.24, 2.45) is 11.7 Å². The molecule has 2 heteroatoms. The van der Waals surface area contributed by atoms with Crippen LogP contribution in [-0.4, -0.2) is 30.6 Å². The zero-order valence-electron chi connectivity index (χ0n) is 11.0. The highest BCUT2D eigenvalue weighted by Crippen LogP contribution is 2.27. The van der Waals surface area contributed by atoms with E-state index in [-0.39, 0.29) is 0 Å². The molecule has 0 spiro atoms. The lowest BCUT2D eigenvalue weighted by atomic mass is 9.99. The second kappa shape index (κ2) is 5.65. The number of rotatable bonds is 4. The Bertz CT molecular complexity index is 334. The molecular formula is C15H24N2. The average molecular weight is 232 g/mol. The average Bonchev–Trinajstić information content (AvgIpc) is 2.78. The van der Waals surface area contributed by atoms with E-state index in [0.717, 1.165) is 6.54 Å². The van der Waals surface area contributed by atoms with E-state index in [1.165, 1.54) is 25.1 Å². The zero-order chi connectivity index (χ0) is 12.3. The first-order valence-electron chi connectivity index (χ1n) is 6.69. The minimum Gasteiger partial charge on any atom is -0.326 e. The van der Waals surface area contributed by atoms with Gasteiger partial charge >= 0.3 is 0 Å². The van der Waals surface area contributed by atoms with Gasteiger partial charge in [-0.25, -0.2) is 0 Å². The van der Waals surface area contributed by atoms with E-state index >= 15 is 0 Å². The van der Waals surface area contributed by atoms with Gasteiger partial charge in [0.05, 0.1) is 0 Å². The number of hydrogen-bond donors (Lipinski definition) is 1. The fourth-order valence-corrected chi connectivity index (χ4v) is 2.50. The second-order valence-electron chi connectivity index (χ2n) is 5.56. The lowest BCUT2D eigenvalue weighted by molar-refractivity contribution is 0.282. The van der Waals surface area contributed by atoms with E-state index in [9.17, 15) is 0 Å². The van der Waals surface area contributed by atoms with Gasteiger partial charge in [0, 0.05) is 19.1 Å². The Morgan fingerprint density at radius 1 is 1.29 bits per heavy atom. The van der Waals surface area contributed by atoms with Gasteiger partial charge in [-0.3, -0.25) is 0 Å². The van der Waals surface area contributed by atoms with Crippen molar-refractivity contribution >= 4 is 0 Å². The van der Waals surface area contributed by atoms with Gasteiger partial charge in [0.15, 0.2) is 0 Å². The molecule has 1 aromatic rings. The van der Waals surface area contributed by atoms with Crippen LogP contribution in [0.25, 0.3) is 0 Å². The van der Waals surface area contributed by atoms with E-state index in [1.54, 1.807) is 0 Å². The molecule has 2 N–H and O–H groups in total. The first-order chi connectivity index (χ1) is 8.16. The molecule has 2 rings (SSSR count). The van der Waals surface area contributed by atoms with Crippen LogP contribution in [0.15, 0.2) is 30.3 Å². The van der Waals surface area contributed by atoms with Crippen LogP contribution in [0, 0.1) is 5.92 Å². The smallest absolute Gasteiger partial charge is 0.0191 e. The molecule has 0 aliphatic carbocycles. The Labute approximate surface area is 105 Å². The maximum Gasteiger partial charge on any atom is 0.0191 e. The van der Waals surface area contributed by atoms with Crippen molar-refractivity contribution in [2.75, 3.05) is 19.6 Å². The number of hydrogen-bond acceptors (Lipinski definition) is 2. The summed E-state index contributed by atoms with van der Waals surface area (Å²) in [7, 11) is 0. The molecule has 2 atom stereocenters. The summed E-state index contributed by atoms with van der Waals surface area (Å²) in [6, 6.07) is 11.2. The molecule has 0 bridgehead atoms. The summed E-state index contributed by atoms with van der Waals surface area (Å²) in [5, 5.41) is 0. The third kappa shape index (κ3) is 3.30. The van der Waals surface area contributed by atoms with Gasteiger partial charge in [0.2, 0.25) is 0 Å². The molecule has 17 heavy (non-hydrogen) atoms. The molecular weight excluding hydrogens is 208 g/mol. The summed E-state index contributed by atoms with van der Waals surface area (Å²) >= 11 is 0. The Morgan fingerprint density at radius 2 is 2.00 bits per heavy atom. The molecule has 0 saturated carbocycles. The summed E-state index contributed by atoms with van der Waals surface area (Å²) in [5.74, 6) is 1.28. The SMILES string of the molecule is CC(C)C(N)CN1CCC(c2ccccc2)C1. The standard InChI is InChI=1S/C15H24N2/c1-12(2)15(16)11-17-9-8-14(10-17)13-6-4-3-5-7-13/h3-7,12,14-15H,8-11,16H2,1-2H3. The van der Waals surface area contributed by atoms with E-state index in [1.807, 2.05) is 0 Å². The third-order valence-electron chi connectivity index (χ3n) is 3.87. The molecule has 94 valence electrons. The molecule has 1 fully saturated rings. The van der Waals surface area contributed by atoms with Crippen molar-refractivity contribution in [3.8, 4) is 0 Å². The van der Waals surface area contributed by atoms with Crippen LogP contribution >= 0.6 is 0 Å². The van der Waals surface area contributed by atoms with E-state index in [4.69, 9.17) is 5.73 Å². The number of likely N-dealkylation sites (tertiary alicyclic amines) is 1. The molecule has 1 heterocycles. The highest BCUT2D eigenvalue weighted by molar-refractivity contribution is 5.21. The van der Waals surface area contributed by atoms with Crippen LogP contribution in [-0.2, 0) is 0 Å². The minimum absolute atomic E-state index is 0.310. The van der Waals surface area contributed by atoms with E-state index in [2.05, 4.69) is 49.1 Å². The monoisotopic (exact) mass is 232 g/mol. The van der Waals surface area contributed by atoms with Gasteiger partial charge in [-0.15, -0.1) is 0 Å². The Balaban J connectivity index is 1.88. The van der Waals surface area contributed by atoms with Crippen molar-refractivity contribution in [1.29, 1.82) is 0 Å². The Hall–Kier alpha value is -0.860. The second-order valence-corrected chi connectivity index (χ2v) is 5.56. The number of nitrogens with zero attached hydrogens (tertiary/aromatic N) is 1. The van der Waals surface area contributed by atoms with Crippen molar-refractivity contribution in [2.45, 2.75) is 32.2 Å². The molecule has 1 saturated heterocycles. The van der Waals surface area contributed by atoms with Gasteiger partial charge in [-0.2, -0.15) is 0 Å². The molecule has 0 amide bonds. The largest absolute Gasteiger partial charge is 0.326 e. The number of benzene rings is 1. The van der Waals surface area contributed by atoms with E-state index < -0.39 is 0 Å². The van der Waals surface area contributed by atoms with Crippen LogP contribution in [0.2, 0.25) is 0 Å². The molecule has 2 nitrogen and oxygen atoms in total. The van der Waals surface area contributed by atoms with Gasteiger partial charge < -0.3 is 10.6 Å². The van der Waals surface area contributed by atoms with Gasteiger partial charge in [0.1, 0.15) is 0 Å². The Morgan fingerprint density at radius 3 is 2.65 bits per heavy atom.